The number of fused-ring (bicyclic) bond motifs is 3. The Bertz CT molecular complexity index is 993. The maximum atomic E-state index is 12.9. The average molecular weight is 468 g/mol. The number of carbonyl (C=O) groups excluding carboxylic acids is 2. The second-order valence-electron chi connectivity index (χ2n) is 8.99. The quantitative estimate of drug-likeness (QED) is 0.496. The molecule has 8 nitrogen and oxygen atoms in total. The molecule has 1 aliphatic carbocycles. The number of hydrogen-bond acceptors (Lipinski definition) is 5. The summed E-state index contributed by atoms with van der Waals surface area (Å²) in [5.41, 5.74) is 4.45. The van der Waals surface area contributed by atoms with E-state index in [1.807, 2.05) is 50.2 Å². The molecule has 3 rings (SSSR count). The number of carboxylic acid groups (broad SMARTS) is 1. The van der Waals surface area contributed by atoms with Gasteiger partial charge in [0.2, 0.25) is 5.91 Å². The number of carbonyl (C=O) groups is 3. The molecule has 0 heterocycles. The third kappa shape index (κ3) is 5.75. The van der Waals surface area contributed by atoms with Gasteiger partial charge < -0.3 is 25.4 Å². The molecule has 182 valence electrons. The van der Waals surface area contributed by atoms with Crippen LogP contribution in [0.25, 0.3) is 11.1 Å². The lowest BCUT2D eigenvalue weighted by Gasteiger charge is -2.26. The Balaban J connectivity index is 1.68. The topological polar surface area (TPSA) is 108 Å². The van der Waals surface area contributed by atoms with Crippen LogP contribution in [0.4, 0.5) is 4.79 Å². The van der Waals surface area contributed by atoms with Gasteiger partial charge in [0.15, 0.2) is 0 Å². The van der Waals surface area contributed by atoms with Crippen LogP contribution < -0.4 is 10.6 Å². The first-order valence-corrected chi connectivity index (χ1v) is 11.5. The second kappa shape index (κ2) is 11.2. The smallest absolute Gasteiger partial charge is 0.407 e. The van der Waals surface area contributed by atoms with Crippen molar-refractivity contribution in [1.82, 2.24) is 15.5 Å². The molecule has 0 saturated carbocycles. The number of benzene rings is 2. The van der Waals surface area contributed by atoms with Crippen molar-refractivity contribution in [2.45, 2.75) is 38.3 Å². The van der Waals surface area contributed by atoms with Crippen molar-refractivity contribution < 1.29 is 24.2 Å². The van der Waals surface area contributed by atoms with Crippen molar-refractivity contribution >= 4 is 18.0 Å². The van der Waals surface area contributed by atoms with E-state index in [1.54, 1.807) is 19.0 Å². The molecule has 3 atom stereocenters. The van der Waals surface area contributed by atoms with Crippen LogP contribution in [0, 0.1) is 5.92 Å². The minimum Gasteiger partial charge on any atom is -0.480 e. The molecule has 0 radical (unpaired) electrons. The highest BCUT2D eigenvalue weighted by Gasteiger charge is 2.32. The van der Waals surface area contributed by atoms with E-state index in [2.05, 4.69) is 22.8 Å². The van der Waals surface area contributed by atoms with Gasteiger partial charge in [0.05, 0.1) is 0 Å². The molecule has 0 spiro atoms. The number of nitrogens with zero attached hydrogens (tertiary/aromatic N) is 1. The van der Waals surface area contributed by atoms with Crippen LogP contribution in [0.3, 0.4) is 0 Å². The molecule has 2 amide bonds. The molecule has 34 heavy (non-hydrogen) atoms. The maximum Gasteiger partial charge on any atom is 0.407 e. The zero-order chi connectivity index (χ0) is 24.8. The number of likely N-dealkylation sites (N-methyl/N-ethyl adjacent to an activating group) is 1. The number of rotatable bonds is 10. The zero-order valence-corrected chi connectivity index (χ0v) is 20.1. The predicted octanol–water partition coefficient (Wildman–Crippen LogP) is 3.07. The number of hydrogen-bond donors (Lipinski definition) is 3. The molecule has 0 fully saturated rings. The fourth-order valence-corrected chi connectivity index (χ4v) is 4.28. The minimum absolute atomic E-state index is 0.0921. The minimum atomic E-state index is -1.13. The third-order valence-electron chi connectivity index (χ3n) is 6.27. The summed E-state index contributed by atoms with van der Waals surface area (Å²) in [5, 5.41) is 14.6. The van der Waals surface area contributed by atoms with Crippen molar-refractivity contribution in [3.05, 3.63) is 59.7 Å². The van der Waals surface area contributed by atoms with E-state index in [4.69, 9.17) is 4.74 Å². The molecule has 3 N–H and O–H groups in total. The summed E-state index contributed by atoms with van der Waals surface area (Å²) in [6, 6.07) is 14.1. The SMILES string of the molecule is CCC(C)[C@H](NC(=O)OCC1c2ccccc2-c2ccccc21)C(=O)N[C@@H](CN(C)C)C(=O)O. The zero-order valence-electron chi connectivity index (χ0n) is 20.1. The van der Waals surface area contributed by atoms with Crippen LogP contribution in [0.1, 0.15) is 37.3 Å². The summed E-state index contributed by atoms with van der Waals surface area (Å²) >= 11 is 0. The van der Waals surface area contributed by atoms with Gasteiger partial charge in [-0.3, -0.25) is 4.79 Å². The van der Waals surface area contributed by atoms with Gasteiger partial charge in [0.1, 0.15) is 18.7 Å². The molecule has 8 heteroatoms. The van der Waals surface area contributed by atoms with Gasteiger partial charge in [0, 0.05) is 12.5 Å². The highest BCUT2D eigenvalue weighted by atomic mass is 16.5. The van der Waals surface area contributed by atoms with Crippen LogP contribution in [-0.2, 0) is 14.3 Å². The average Bonchev–Trinajstić information content (AvgIpc) is 3.13. The lowest BCUT2D eigenvalue weighted by atomic mass is 9.98. The second-order valence-corrected chi connectivity index (χ2v) is 8.99. The normalized spacial score (nSPS) is 15.1. The van der Waals surface area contributed by atoms with Crippen molar-refractivity contribution in [2.75, 3.05) is 27.2 Å². The van der Waals surface area contributed by atoms with Crippen molar-refractivity contribution in [2.24, 2.45) is 5.92 Å². The van der Waals surface area contributed by atoms with Crippen molar-refractivity contribution in [3.8, 4) is 11.1 Å². The van der Waals surface area contributed by atoms with Gasteiger partial charge in [-0.2, -0.15) is 0 Å². The maximum absolute atomic E-state index is 12.9. The highest BCUT2D eigenvalue weighted by molar-refractivity contribution is 5.89. The van der Waals surface area contributed by atoms with E-state index < -0.39 is 30.1 Å². The van der Waals surface area contributed by atoms with Gasteiger partial charge in [-0.1, -0.05) is 68.8 Å². The Kier molecular flexibility index (Phi) is 8.28. The Hall–Kier alpha value is -3.39. The Morgan fingerprint density at radius 3 is 2.06 bits per heavy atom. The number of amides is 2. The van der Waals surface area contributed by atoms with Crippen LogP contribution in [0.5, 0.6) is 0 Å². The molecule has 0 bridgehead atoms. The molecule has 0 aliphatic heterocycles. The third-order valence-corrected chi connectivity index (χ3v) is 6.27. The van der Waals surface area contributed by atoms with Crippen LogP contribution in [-0.4, -0.2) is 67.3 Å². The monoisotopic (exact) mass is 467 g/mol. The fourth-order valence-electron chi connectivity index (χ4n) is 4.28. The number of nitrogens with one attached hydrogen (secondary N) is 2. The largest absolute Gasteiger partial charge is 0.480 e. The standard InChI is InChI=1S/C26H33N3O5/c1-5-16(2)23(24(30)27-22(25(31)32)14-29(3)4)28-26(33)34-15-21-19-12-8-6-10-17(19)18-11-7-9-13-20(18)21/h6-13,16,21-23H,5,14-15H2,1-4H3,(H,27,30)(H,28,33)(H,31,32)/t16?,22-,23-/m0/s1. The highest BCUT2D eigenvalue weighted by Crippen LogP contribution is 2.44. The molecular formula is C26H33N3O5. The van der Waals surface area contributed by atoms with Crippen LogP contribution in [0.2, 0.25) is 0 Å². The number of carboxylic acids is 1. The summed E-state index contributed by atoms with van der Waals surface area (Å²) in [5.74, 6) is -1.98. The molecular weight excluding hydrogens is 434 g/mol. The van der Waals surface area contributed by atoms with Crippen molar-refractivity contribution in [1.29, 1.82) is 0 Å². The Labute approximate surface area is 200 Å². The predicted molar refractivity (Wildman–Crippen MR) is 130 cm³/mol. The molecule has 0 saturated heterocycles. The first-order chi connectivity index (χ1) is 16.2. The van der Waals surface area contributed by atoms with E-state index in [0.29, 0.717) is 6.42 Å². The molecule has 1 aliphatic rings. The number of aliphatic carboxylic acids is 1. The Morgan fingerprint density at radius 1 is 1.00 bits per heavy atom. The first kappa shape index (κ1) is 25.2. The van der Waals surface area contributed by atoms with E-state index in [-0.39, 0.29) is 25.0 Å². The molecule has 0 aromatic heterocycles. The molecule has 1 unspecified atom stereocenters. The van der Waals surface area contributed by atoms with Gasteiger partial charge in [0.25, 0.3) is 0 Å². The van der Waals surface area contributed by atoms with Crippen LogP contribution in [0.15, 0.2) is 48.5 Å². The van der Waals surface area contributed by atoms with Gasteiger partial charge in [-0.25, -0.2) is 9.59 Å². The first-order valence-electron chi connectivity index (χ1n) is 11.5. The molecule has 2 aromatic rings. The van der Waals surface area contributed by atoms with Crippen molar-refractivity contribution in [3.63, 3.8) is 0 Å². The van der Waals surface area contributed by atoms with E-state index in [0.717, 1.165) is 22.3 Å². The number of alkyl carbamates (subject to hydrolysis) is 1. The number of ether oxygens (including phenoxy) is 1. The summed E-state index contributed by atoms with van der Waals surface area (Å²) in [6.45, 7) is 4.00. The molecule has 2 aromatic carbocycles. The van der Waals surface area contributed by atoms with Gasteiger partial charge >= 0.3 is 12.1 Å². The van der Waals surface area contributed by atoms with Gasteiger partial charge in [-0.15, -0.1) is 0 Å². The fraction of sp³-hybridized carbons (Fsp3) is 0.423. The van der Waals surface area contributed by atoms with E-state index in [1.165, 1.54) is 0 Å². The van der Waals surface area contributed by atoms with E-state index in [9.17, 15) is 19.5 Å². The Morgan fingerprint density at radius 2 is 1.56 bits per heavy atom. The summed E-state index contributed by atoms with van der Waals surface area (Å²) < 4.78 is 5.58. The summed E-state index contributed by atoms with van der Waals surface area (Å²) in [7, 11) is 3.45. The van der Waals surface area contributed by atoms with Crippen LogP contribution >= 0.6 is 0 Å². The lowest BCUT2D eigenvalue weighted by Crippen LogP contribution is -2.56. The van der Waals surface area contributed by atoms with E-state index >= 15 is 0 Å². The lowest BCUT2D eigenvalue weighted by molar-refractivity contribution is -0.142. The summed E-state index contributed by atoms with van der Waals surface area (Å²) in [4.78, 5) is 38.8. The summed E-state index contributed by atoms with van der Waals surface area (Å²) in [6.07, 6.45) is -0.0885. The van der Waals surface area contributed by atoms with Gasteiger partial charge in [-0.05, 0) is 42.3 Å².